The molecule has 0 aliphatic rings. The number of amidine groups is 1. The van der Waals surface area contributed by atoms with Gasteiger partial charge in [0.05, 0.1) is 5.84 Å². The summed E-state index contributed by atoms with van der Waals surface area (Å²) >= 11 is 1.91. The molecule has 0 amide bonds. The van der Waals surface area contributed by atoms with Crippen LogP contribution in [0.25, 0.3) is 0 Å². The first-order valence-corrected chi connectivity index (χ1v) is 6.99. The van der Waals surface area contributed by atoms with Crippen LogP contribution < -0.4 is 5.73 Å². The number of nitrogens with one attached hydrogen (secondary N) is 1. The van der Waals surface area contributed by atoms with Crippen molar-refractivity contribution in [1.82, 2.24) is 4.90 Å². The van der Waals surface area contributed by atoms with Gasteiger partial charge in [0.15, 0.2) is 0 Å². The highest BCUT2D eigenvalue weighted by Gasteiger charge is 2.07. The van der Waals surface area contributed by atoms with Crippen LogP contribution in [0.4, 0.5) is 0 Å². The smallest absolute Gasteiger partial charge is 0.0905 e. The molecule has 0 aromatic rings. The minimum absolute atomic E-state index is 0.313. The highest BCUT2D eigenvalue weighted by Crippen LogP contribution is 2.07. The molecule has 0 spiro atoms. The standard InChI is InChI=1S/C11H25N3S/c1-10(7-9-15-3)14(2)8-5-4-6-11(12)13/h10H,4-9H2,1-3H3,(H3,12,13). The van der Waals surface area contributed by atoms with E-state index in [4.69, 9.17) is 11.1 Å². The zero-order chi connectivity index (χ0) is 11.7. The Bertz CT molecular complexity index is 173. The van der Waals surface area contributed by atoms with Crippen LogP contribution in [0.15, 0.2) is 0 Å². The van der Waals surface area contributed by atoms with Gasteiger partial charge in [-0.15, -0.1) is 0 Å². The van der Waals surface area contributed by atoms with E-state index in [1.807, 2.05) is 11.8 Å². The molecule has 0 bridgehead atoms. The Morgan fingerprint density at radius 1 is 1.47 bits per heavy atom. The summed E-state index contributed by atoms with van der Waals surface area (Å²) in [5.41, 5.74) is 5.30. The second-order valence-electron chi connectivity index (χ2n) is 4.09. The van der Waals surface area contributed by atoms with Gasteiger partial charge in [0.2, 0.25) is 0 Å². The zero-order valence-corrected chi connectivity index (χ0v) is 11.1. The monoisotopic (exact) mass is 231 g/mol. The fourth-order valence-electron chi connectivity index (χ4n) is 1.41. The molecule has 0 heterocycles. The highest BCUT2D eigenvalue weighted by atomic mass is 32.2. The van der Waals surface area contributed by atoms with Gasteiger partial charge in [-0.05, 0) is 51.8 Å². The third-order valence-corrected chi connectivity index (χ3v) is 3.34. The number of hydrogen-bond acceptors (Lipinski definition) is 3. The average Bonchev–Trinajstić information content (AvgIpc) is 2.20. The molecule has 0 saturated carbocycles. The molecule has 0 aliphatic carbocycles. The van der Waals surface area contributed by atoms with Crippen LogP contribution in [-0.2, 0) is 0 Å². The number of unbranched alkanes of at least 4 members (excludes halogenated alkanes) is 1. The van der Waals surface area contributed by atoms with Crippen LogP contribution in [0.2, 0.25) is 0 Å². The summed E-state index contributed by atoms with van der Waals surface area (Å²) in [4.78, 5) is 2.40. The molecular weight excluding hydrogens is 206 g/mol. The Morgan fingerprint density at radius 3 is 2.67 bits per heavy atom. The molecule has 0 aromatic carbocycles. The lowest BCUT2D eigenvalue weighted by molar-refractivity contribution is 0.249. The SMILES string of the molecule is CSCCC(C)N(C)CCCCC(=N)N. The van der Waals surface area contributed by atoms with E-state index < -0.39 is 0 Å². The fourth-order valence-corrected chi connectivity index (χ4v) is 1.98. The van der Waals surface area contributed by atoms with Crippen molar-refractivity contribution >= 4 is 17.6 Å². The number of rotatable bonds is 9. The average molecular weight is 231 g/mol. The molecule has 0 aliphatic heterocycles. The summed E-state index contributed by atoms with van der Waals surface area (Å²) in [6.07, 6.45) is 6.32. The Balaban J connectivity index is 3.46. The van der Waals surface area contributed by atoms with Crippen molar-refractivity contribution < 1.29 is 0 Å². The maximum absolute atomic E-state index is 7.12. The second kappa shape index (κ2) is 9.04. The molecule has 0 fully saturated rings. The van der Waals surface area contributed by atoms with Gasteiger partial charge in [0.1, 0.15) is 0 Å². The van der Waals surface area contributed by atoms with E-state index in [-0.39, 0.29) is 0 Å². The van der Waals surface area contributed by atoms with E-state index in [1.165, 1.54) is 12.2 Å². The van der Waals surface area contributed by atoms with Gasteiger partial charge in [0, 0.05) is 12.5 Å². The number of thioether (sulfide) groups is 1. The lowest BCUT2D eigenvalue weighted by Crippen LogP contribution is -2.30. The first-order chi connectivity index (χ1) is 7.07. The van der Waals surface area contributed by atoms with Crippen LogP contribution in [0, 0.1) is 5.41 Å². The largest absolute Gasteiger partial charge is 0.388 e. The van der Waals surface area contributed by atoms with Crippen molar-refractivity contribution in [3.63, 3.8) is 0 Å². The second-order valence-corrected chi connectivity index (χ2v) is 5.08. The third-order valence-electron chi connectivity index (χ3n) is 2.70. The quantitative estimate of drug-likeness (QED) is 0.363. The van der Waals surface area contributed by atoms with E-state index in [0.29, 0.717) is 11.9 Å². The summed E-state index contributed by atoms with van der Waals surface area (Å²) in [5.74, 6) is 1.55. The molecule has 15 heavy (non-hydrogen) atoms. The summed E-state index contributed by atoms with van der Waals surface area (Å²) < 4.78 is 0. The fraction of sp³-hybridized carbons (Fsp3) is 0.909. The molecule has 1 unspecified atom stereocenters. The number of hydrogen-bond donors (Lipinski definition) is 2. The van der Waals surface area contributed by atoms with Crippen molar-refractivity contribution in [2.45, 2.75) is 38.6 Å². The molecule has 90 valence electrons. The van der Waals surface area contributed by atoms with E-state index in [1.54, 1.807) is 0 Å². The van der Waals surface area contributed by atoms with Crippen LogP contribution in [0.1, 0.15) is 32.6 Å². The Hall–Kier alpha value is -0.220. The van der Waals surface area contributed by atoms with Crippen molar-refractivity contribution in [2.24, 2.45) is 5.73 Å². The molecule has 0 saturated heterocycles. The Kier molecular flexibility index (Phi) is 8.91. The number of nitrogens with zero attached hydrogens (tertiary/aromatic N) is 1. The van der Waals surface area contributed by atoms with Gasteiger partial charge in [-0.2, -0.15) is 11.8 Å². The maximum atomic E-state index is 7.12. The van der Waals surface area contributed by atoms with E-state index >= 15 is 0 Å². The number of nitrogens with two attached hydrogens (primary N) is 1. The molecule has 0 radical (unpaired) electrons. The highest BCUT2D eigenvalue weighted by molar-refractivity contribution is 7.98. The van der Waals surface area contributed by atoms with Gasteiger partial charge in [-0.3, -0.25) is 5.41 Å². The van der Waals surface area contributed by atoms with Crippen LogP contribution >= 0.6 is 11.8 Å². The minimum Gasteiger partial charge on any atom is -0.388 e. The van der Waals surface area contributed by atoms with Crippen LogP contribution in [0.5, 0.6) is 0 Å². The molecule has 4 heteroatoms. The topological polar surface area (TPSA) is 53.1 Å². The molecular formula is C11H25N3S. The normalized spacial score (nSPS) is 13.1. The molecule has 1 atom stereocenters. The Morgan fingerprint density at radius 2 is 2.13 bits per heavy atom. The summed E-state index contributed by atoms with van der Waals surface area (Å²) in [7, 11) is 2.18. The minimum atomic E-state index is 0.313. The van der Waals surface area contributed by atoms with Crippen LogP contribution in [-0.4, -0.2) is 42.4 Å². The maximum Gasteiger partial charge on any atom is 0.0905 e. The third kappa shape index (κ3) is 8.75. The van der Waals surface area contributed by atoms with Gasteiger partial charge in [-0.25, -0.2) is 0 Å². The predicted octanol–water partition coefficient (Wildman–Crippen LogP) is 2.17. The lowest BCUT2D eigenvalue weighted by Gasteiger charge is -2.24. The van der Waals surface area contributed by atoms with Crippen molar-refractivity contribution in [2.75, 3.05) is 25.6 Å². The van der Waals surface area contributed by atoms with Gasteiger partial charge < -0.3 is 10.6 Å². The molecule has 0 aromatic heterocycles. The van der Waals surface area contributed by atoms with Crippen molar-refractivity contribution in [3.8, 4) is 0 Å². The molecule has 3 nitrogen and oxygen atoms in total. The molecule has 3 N–H and O–H groups in total. The lowest BCUT2D eigenvalue weighted by atomic mass is 10.2. The first kappa shape index (κ1) is 14.8. The van der Waals surface area contributed by atoms with E-state index in [2.05, 4.69) is 25.1 Å². The molecule has 0 rings (SSSR count). The summed E-state index contributed by atoms with van der Waals surface area (Å²) in [5, 5.41) is 7.12. The zero-order valence-electron chi connectivity index (χ0n) is 10.3. The van der Waals surface area contributed by atoms with Crippen molar-refractivity contribution in [3.05, 3.63) is 0 Å². The summed E-state index contributed by atoms with van der Waals surface area (Å²) in [6, 6.07) is 0.662. The van der Waals surface area contributed by atoms with Gasteiger partial charge in [-0.1, -0.05) is 0 Å². The van der Waals surface area contributed by atoms with Gasteiger partial charge in [0.25, 0.3) is 0 Å². The van der Waals surface area contributed by atoms with Gasteiger partial charge >= 0.3 is 0 Å². The van der Waals surface area contributed by atoms with Crippen LogP contribution in [0.3, 0.4) is 0 Å². The predicted molar refractivity (Wildman–Crippen MR) is 70.9 cm³/mol. The summed E-state index contributed by atoms with van der Waals surface area (Å²) in [6.45, 7) is 3.39. The van der Waals surface area contributed by atoms with E-state index in [0.717, 1.165) is 25.8 Å². The van der Waals surface area contributed by atoms with E-state index in [9.17, 15) is 0 Å². The van der Waals surface area contributed by atoms with Crippen molar-refractivity contribution in [1.29, 1.82) is 5.41 Å². The first-order valence-electron chi connectivity index (χ1n) is 5.60. The Labute approximate surface area is 98.3 Å².